The lowest BCUT2D eigenvalue weighted by atomic mass is 9.80. The minimum absolute atomic E-state index is 0.0275. The fourth-order valence-corrected chi connectivity index (χ4v) is 3.33. The maximum atomic E-state index is 10.6. The van der Waals surface area contributed by atoms with Gasteiger partial charge in [0.1, 0.15) is 0 Å². The van der Waals surface area contributed by atoms with E-state index in [1.165, 1.54) is 0 Å². The maximum Gasteiger partial charge on any atom is 0.0847 e. The zero-order chi connectivity index (χ0) is 14.4. The van der Waals surface area contributed by atoms with Gasteiger partial charge in [-0.15, -0.1) is 0 Å². The molecular weight excluding hydrogens is 283 g/mol. The summed E-state index contributed by atoms with van der Waals surface area (Å²) in [6.07, 6.45) is 0.202. The highest BCUT2D eigenvalue weighted by molar-refractivity contribution is 6.42. The molecule has 0 radical (unpaired) electrons. The van der Waals surface area contributed by atoms with Crippen LogP contribution in [0.5, 0.6) is 0 Å². The van der Waals surface area contributed by atoms with Crippen LogP contribution in [-0.4, -0.2) is 16.3 Å². The van der Waals surface area contributed by atoms with E-state index in [0.717, 1.165) is 12.0 Å². The second-order valence-corrected chi connectivity index (χ2v) is 7.21. The number of halogens is 2. The highest BCUT2D eigenvalue weighted by Crippen LogP contribution is 2.47. The summed E-state index contributed by atoms with van der Waals surface area (Å²) >= 11 is 11.9. The van der Waals surface area contributed by atoms with Gasteiger partial charge in [0, 0.05) is 5.92 Å². The van der Waals surface area contributed by atoms with Gasteiger partial charge in [-0.2, -0.15) is 0 Å². The van der Waals surface area contributed by atoms with E-state index in [9.17, 15) is 5.11 Å². The summed E-state index contributed by atoms with van der Waals surface area (Å²) in [4.78, 5) is 0. The lowest BCUT2D eigenvalue weighted by molar-refractivity contribution is -0.0880. The molecule has 0 spiro atoms. The molecule has 0 aliphatic carbocycles. The van der Waals surface area contributed by atoms with Gasteiger partial charge in [-0.25, -0.2) is 0 Å². The summed E-state index contributed by atoms with van der Waals surface area (Å²) in [7, 11) is 0. The molecule has 1 aliphatic heterocycles. The Morgan fingerprint density at radius 3 is 2.32 bits per heavy atom. The average Bonchev–Trinajstić information content (AvgIpc) is 2.49. The van der Waals surface area contributed by atoms with E-state index in [2.05, 4.69) is 13.8 Å². The Kier molecular flexibility index (Phi) is 3.92. The third kappa shape index (κ3) is 3.08. The van der Waals surface area contributed by atoms with Crippen LogP contribution in [0.3, 0.4) is 0 Å². The third-order valence-corrected chi connectivity index (χ3v) is 4.55. The van der Waals surface area contributed by atoms with Gasteiger partial charge in [0.2, 0.25) is 0 Å². The quantitative estimate of drug-likeness (QED) is 0.863. The van der Waals surface area contributed by atoms with Crippen LogP contribution in [-0.2, 0) is 4.74 Å². The molecule has 0 bridgehead atoms. The van der Waals surface area contributed by atoms with E-state index in [4.69, 9.17) is 27.9 Å². The Hall–Kier alpha value is -0.280. The van der Waals surface area contributed by atoms with Gasteiger partial charge in [-0.05, 0) is 51.8 Å². The molecule has 19 heavy (non-hydrogen) atoms. The van der Waals surface area contributed by atoms with Crippen LogP contribution in [0.15, 0.2) is 18.2 Å². The molecule has 1 N–H and O–H groups in total. The number of ether oxygens (including phenoxy) is 1. The zero-order valence-corrected chi connectivity index (χ0v) is 13.2. The smallest absolute Gasteiger partial charge is 0.0847 e. The highest BCUT2D eigenvalue weighted by Gasteiger charge is 2.49. The van der Waals surface area contributed by atoms with Crippen molar-refractivity contribution in [1.29, 1.82) is 0 Å². The lowest BCUT2D eigenvalue weighted by Crippen LogP contribution is -2.32. The Morgan fingerprint density at radius 2 is 1.84 bits per heavy atom. The van der Waals surface area contributed by atoms with Crippen molar-refractivity contribution in [2.24, 2.45) is 5.92 Å². The molecule has 0 amide bonds. The van der Waals surface area contributed by atoms with Crippen molar-refractivity contribution in [3.05, 3.63) is 33.8 Å². The van der Waals surface area contributed by atoms with Crippen molar-refractivity contribution < 1.29 is 9.84 Å². The van der Waals surface area contributed by atoms with Gasteiger partial charge < -0.3 is 9.84 Å². The Labute approximate surface area is 124 Å². The summed E-state index contributed by atoms with van der Waals surface area (Å²) in [5, 5.41) is 11.6. The van der Waals surface area contributed by atoms with E-state index in [1.54, 1.807) is 12.1 Å². The normalized spacial score (nSPS) is 26.4. The fraction of sp³-hybridized carbons (Fsp3) is 0.600. The van der Waals surface area contributed by atoms with Crippen molar-refractivity contribution in [3.63, 3.8) is 0 Å². The van der Waals surface area contributed by atoms with Crippen molar-refractivity contribution in [2.45, 2.75) is 51.4 Å². The second kappa shape index (κ2) is 4.92. The topological polar surface area (TPSA) is 29.5 Å². The molecule has 2 unspecified atom stereocenters. The largest absolute Gasteiger partial charge is 0.388 e. The second-order valence-electron chi connectivity index (χ2n) is 6.39. The van der Waals surface area contributed by atoms with Gasteiger partial charge in [0.25, 0.3) is 0 Å². The summed E-state index contributed by atoms with van der Waals surface area (Å²) in [5.41, 5.74) is 0.203. The molecule has 2 rings (SSSR count). The van der Waals surface area contributed by atoms with Gasteiger partial charge in [-0.1, -0.05) is 29.3 Å². The third-order valence-electron chi connectivity index (χ3n) is 3.81. The van der Waals surface area contributed by atoms with Gasteiger partial charge >= 0.3 is 0 Å². The van der Waals surface area contributed by atoms with Crippen molar-refractivity contribution in [3.8, 4) is 0 Å². The first-order valence-corrected chi connectivity index (χ1v) is 7.21. The van der Waals surface area contributed by atoms with E-state index in [-0.39, 0.29) is 17.1 Å². The zero-order valence-electron chi connectivity index (χ0n) is 11.7. The first kappa shape index (κ1) is 15.1. The highest BCUT2D eigenvalue weighted by atomic mass is 35.5. The summed E-state index contributed by atoms with van der Waals surface area (Å²) in [6.45, 7) is 8.15. The number of rotatable bonds is 2. The van der Waals surface area contributed by atoms with Crippen LogP contribution in [0, 0.1) is 5.92 Å². The number of benzene rings is 1. The molecule has 2 nitrogen and oxygen atoms in total. The molecule has 2 atom stereocenters. The number of hydrogen-bond donors (Lipinski definition) is 1. The van der Waals surface area contributed by atoms with Crippen LogP contribution < -0.4 is 0 Å². The summed E-state index contributed by atoms with van der Waals surface area (Å²) in [5.74, 6) is 0.0275. The van der Waals surface area contributed by atoms with E-state index in [0.29, 0.717) is 10.0 Å². The van der Waals surface area contributed by atoms with Crippen LogP contribution in [0.4, 0.5) is 0 Å². The SMILES string of the molecule is CC1(C)CC(C(O)c2ccc(Cl)c(Cl)c2)C(C)(C)O1. The fourth-order valence-electron chi connectivity index (χ4n) is 3.03. The Balaban J connectivity index is 2.28. The Bertz CT molecular complexity index is 483. The van der Waals surface area contributed by atoms with Crippen LogP contribution in [0.1, 0.15) is 45.8 Å². The molecule has 0 saturated carbocycles. The van der Waals surface area contributed by atoms with Crippen LogP contribution >= 0.6 is 23.2 Å². The predicted octanol–water partition coefficient (Wildman–Crippen LogP) is 4.62. The molecule has 1 fully saturated rings. The van der Waals surface area contributed by atoms with E-state index in [1.807, 2.05) is 19.9 Å². The maximum absolute atomic E-state index is 10.6. The van der Waals surface area contributed by atoms with Gasteiger partial charge in [0.05, 0.1) is 27.4 Å². The minimum atomic E-state index is -0.605. The molecular formula is C15H20Cl2O2. The molecule has 1 saturated heterocycles. The van der Waals surface area contributed by atoms with Crippen LogP contribution in [0.25, 0.3) is 0 Å². The number of hydrogen-bond acceptors (Lipinski definition) is 2. The Morgan fingerprint density at radius 1 is 1.21 bits per heavy atom. The number of aliphatic hydroxyl groups excluding tert-OH is 1. The molecule has 106 valence electrons. The van der Waals surface area contributed by atoms with Crippen molar-refractivity contribution in [1.82, 2.24) is 0 Å². The number of aliphatic hydroxyl groups is 1. The molecule has 4 heteroatoms. The molecule has 1 heterocycles. The van der Waals surface area contributed by atoms with E-state index < -0.39 is 6.10 Å². The van der Waals surface area contributed by atoms with Gasteiger partial charge in [-0.3, -0.25) is 0 Å². The van der Waals surface area contributed by atoms with E-state index >= 15 is 0 Å². The monoisotopic (exact) mass is 302 g/mol. The van der Waals surface area contributed by atoms with Crippen molar-refractivity contribution in [2.75, 3.05) is 0 Å². The first-order valence-electron chi connectivity index (χ1n) is 6.45. The molecule has 1 aromatic carbocycles. The minimum Gasteiger partial charge on any atom is -0.388 e. The standard InChI is InChI=1S/C15H20Cl2O2/c1-14(2)8-10(15(3,4)19-14)13(18)9-5-6-11(16)12(17)7-9/h5-7,10,13,18H,8H2,1-4H3. The lowest BCUT2D eigenvalue weighted by Gasteiger charge is -2.30. The van der Waals surface area contributed by atoms with Crippen LogP contribution in [0.2, 0.25) is 10.0 Å². The molecule has 0 aromatic heterocycles. The summed E-state index contributed by atoms with van der Waals surface area (Å²) in [6, 6.07) is 5.27. The first-order chi connectivity index (χ1) is 8.62. The van der Waals surface area contributed by atoms with Gasteiger partial charge in [0.15, 0.2) is 0 Å². The summed E-state index contributed by atoms with van der Waals surface area (Å²) < 4.78 is 6.03. The molecule has 1 aliphatic rings. The molecule has 1 aromatic rings. The average molecular weight is 303 g/mol. The van der Waals surface area contributed by atoms with Crippen molar-refractivity contribution >= 4 is 23.2 Å². The predicted molar refractivity (Wildman–Crippen MR) is 78.8 cm³/mol.